The number of rotatable bonds is 36. The van der Waals surface area contributed by atoms with Gasteiger partial charge in [-0.2, -0.15) is 0 Å². The second kappa shape index (κ2) is 32.0. The van der Waals surface area contributed by atoms with Crippen LogP contribution in [-0.2, 0) is 10.8 Å². The highest BCUT2D eigenvalue weighted by atomic mass is 14.9. The fourth-order valence-corrected chi connectivity index (χ4v) is 15.9. The molecule has 0 amide bonds. The summed E-state index contributed by atoms with van der Waals surface area (Å²) in [6, 6.07) is 78.6. The van der Waals surface area contributed by atoms with Gasteiger partial charge in [-0.15, -0.1) is 0 Å². The zero-order valence-corrected chi connectivity index (χ0v) is 55.4. The molecular formula is C88H104N2. The zero-order chi connectivity index (χ0) is 61.8. The van der Waals surface area contributed by atoms with Crippen molar-refractivity contribution in [3.8, 4) is 66.8 Å². The summed E-state index contributed by atoms with van der Waals surface area (Å²) >= 11 is 0. The average molecular weight is 1190 g/mol. The van der Waals surface area contributed by atoms with Gasteiger partial charge in [0.15, 0.2) is 0 Å². The van der Waals surface area contributed by atoms with E-state index in [1.807, 2.05) is 0 Å². The monoisotopic (exact) mass is 1190 g/mol. The smallest absolute Gasteiger partial charge is 0.0464 e. The lowest BCUT2D eigenvalue weighted by Gasteiger charge is -2.35. The molecule has 2 heteroatoms. The van der Waals surface area contributed by atoms with Gasteiger partial charge in [0.1, 0.15) is 0 Å². The molecule has 466 valence electrons. The van der Waals surface area contributed by atoms with Crippen molar-refractivity contribution in [3.63, 3.8) is 0 Å². The minimum absolute atomic E-state index is 0.0997. The summed E-state index contributed by atoms with van der Waals surface area (Å²) in [5.41, 5.74) is 26.7. The van der Waals surface area contributed by atoms with Crippen molar-refractivity contribution in [2.45, 2.75) is 218 Å². The van der Waals surface area contributed by atoms with E-state index in [0.717, 1.165) is 11.4 Å². The molecule has 0 aliphatic heterocycles. The molecule has 0 atom stereocenters. The van der Waals surface area contributed by atoms with Crippen LogP contribution >= 0.6 is 0 Å². The van der Waals surface area contributed by atoms with Crippen LogP contribution in [0.3, 0.4) is 0 Å². The van der Waals surface area contributed by atoms with Crippen LogP contribution in [0.1, 0.15) is 230 Å². The summed E-state index contributed by atoms with van der Waals surface area (Å²) in [5.74, 6) is 0. The number of hydrogen-bond donors (Lipinski definition) is 2. The standard InChI is InChI=1S/C88H104N2/c1-5-9-13-17-21-39-59-87(60-40-22-18-14-10-6-2)81-63-69(89-85-53-37-35-51-77(85)73-49-33-31-47-71(73)67-43-27-25-28-44-67)55-57-75(81)79-66-84-80(65-83(79)87)76-58-56-70(64-82(76)88(84,61-41-23-19-15-11-7-3)62-42-24-20-16-12-8-4)90-86-54-38-36-52-78(86)74-50-34-32-48-72(74)68-45-29-26-30-46-68/h25-38,43-58,63-66,89-90H,5-24,39-42,59-62H2,1-4H3. The lowest BCUT2D eigenvalue weighted by Crippen LogP contribution is -2.27. The maximum atomic E-state index is 4.12. The predicted octanol–water partition coefficient (Wildman–Crippen LogP) is 27.4. The molecule has 9 aromatic carbocycles. The second-order valence-electron chi connectivity index (χ2n) is 26.9. The average Bonchev–Trinajstić information content (AvgIpc) is 1.53. The summed E-state index contributed by atoms with van der Waals surface area (Å²) < 4.78 is 0. The number of nitrogens with one attached hydrogen (secondary N) is 2. The Morgan fingerprint density at radius 1 is 0.222 bits per heavy atom. The van der Waals surface area contributed by atoms with Gasteiger partial charge in [-0.05, 0) is 152 Å². The molecule has 2 nitrogen and oxygen atoms in total. The Morgan fingerprint density at radius 3 is 0.844 bits per heavy atom. The van der Waals surface area contributed by atoms with Gasteiger partial charge in [0, 0.05) is 44.7 Å². The van der Waals surface area contributed by atoms with E-state index < -0.39 is 0 Å². The first-order valence-corrected chi connectivity index (χ1v) is 36.0. The Labute approximate surface area is 543 Å². The quantitative estimate of drug-likeness (QED) is 0.0383. The van der Waals surface area contributed by atoms with Gasteiger partial charge in [-0.25, -0.2) is 0 Å². The summed E-state index contributed by atoms with van der Waals surface area (Å²) in [7, 11) is 0. The highest BCUT2D eigenvalue weighted by Crippen LogP contribution is 2.62. The SMILES string of the molecule is CCCCCCCCC1(CCCCCCCC)c2cc(Nc3ccccc3-c3ccccc3-c3ccccc3)ccc2-c2cc3c(cc21)-c1ccc(Nc2ccccc2-c2ccccc2-c2ccccc2)cc1C3(CCCCCCCC)CCCCCCCC. The van der Waals surface area contributed by atoms with Gasteiger partial charge in [0.25, 0.3) is 0 Å². The van der Waals surface area contributed by atoms with Crippen LogP contribution in [-0.4, -0.2) is 0 Å². The molecule has 2 aliphatic carbocycles. The van der Waals surface area contributed by atoms with E-state index in [4.69, 9.17) is 0 Å². The van der Waals surface area contributed by atoms with Crippen LogP contribution in [0.25, 0.3) is 66.8 Å². The van der Waals surface area contributed by atoms with Gasteiger partial charge < -0.3 is 10.6 Å². The van der Waals surface area contributed by atoms with Crippen molar-refractivity contribution in [1.82, 2.24) is 0 Å². The van der Waals surface area contributed by atoms with Crippen LogP contribution in [0.4, 0.5) is 22.7 Å². The third-order valence-corrected chi connectivity index (χ3v) is 20.7. The molecular weight excluding hydrogens is 1080 g/mol. The second-order valence-corrected chi connectivity index (χ2v) is 26.9. The van der Waals surface area contributed by atoms with Crippen LogP contribution in [0.15, 0.2) is 206 Å². The minimum atomic E-state index is -0.0997. The van der Waals surface area contributed by atoms with E-state index in [9.17, 15) is 0 Å². The lowest BCUT2D eigenvalue weighted by molar-refractivity contribution is 0.394. The van der Waals surface area contributed by atoms with Crippen LogP contribution in [0.2, 0.25) is 0 Å². The van der Waals surface area contributed by atoms with E-state index in [2.05, 4.69) is 245 Å². The van der Waals surface area contributed by atoms with Crippen molar-refractivity contribution in [3.05, 3.63) is 229 Å². The Balaban J connectivity index is 1.05. The number of hydrogen-bond acceptors (Lipinski definition) is 2. The van der Waals surface area contributed by atoms with E-state index in [1.54, 1.807) is 22.3 Å². The van der Waals surface area contributed by atoms with E-state index >= 15 is 0 Å². The molecule has 0 saturated carbocycles. The fraction of sp³-hybridized carbons (Fsp3) is 0.386. The maximum Gasteiger partial charge on any atom is 0.0464 e. The van der Waals surface area contributed by atoms with Gasteiger partial charge in [0.05, 0.1) is 0 Å². The Morgan fingerprint density at radius 2 is 0.500 bits per heavy atom. The van der Waals surface area contributed by atoms with Crippen molar-refractivity contribution in [2.24, 2.45) is 0 Å². The summed E-state index contributed by atoms with van der Waals surface area (Å²) in [6.45, 7) is 9.41. The first kappa shape index (κ1) is 64.1. The highest BCUT2D eigenvalue weighted by molar-refractivity contribution is 5.95. The molecule has 0 heterocycles. The van der Waals surface area contributed by atoms with Crippen molar-refractivity contribution in [1.29, 1.82) is 0 Å². The van der Waals surface area contributed by atoms with Gasteiger partial charge in [-0.3, -0.25) is 0 Å². The highest BCUT2D eigenvalue weighted by Gasteiger charge is 2.48. The maximum absolute atomic E-state index is 4.12. The molecule has 0 radical (unpaired) electrons. The first-order valence-electron chi connectivity index (χ1n) is 36.0. The third-order valence-electron chi connectivity index (χ3n) is 20.7. The fourth-order valence-electron chi connectivity index (χ4n) is 15.9. The van der Waals surface area contributed by atoms with Crippen molar-refractivity contribution >= 4 is 22.7 Å². The first-order chi connectivity index (χ1) is 44.5. The van der Waals surface area contributed by atoms with Gasteiger partial charge in [-0.1, -0.05) is 340 Å². The third kappa shape index (κ3) is 14.7. The summed E-state index contributed by atoms with van der Waals surface area (Å²) in [6.07, 6.45) is 35.9. The number of para-hydroxylation sites is 2. The largest absolute Gasteiger partial charge is 0.355 e. The molecule has 0 bridgehead atoms. The molecule has 0 fully saturated rings. The molecule has 2 aliphatic rings. The molecule has 0 saturated heterocycles. The van der Waals surface area contributed by atoms with Crippen LogP contribution in [0.5, 0.6) is 0 Å². The number of unbranched alkanes of at least 4 members (excludes halogenated alkanes) is 20. The number of anilines is 4. The summed E-state index contributed by atoms with van der Waals surface area (Å²) in [4.78, 5) is 0. The van der Waals surface area contributed by atoms with E-state index in [0.29, 0.717) is 0 Å². The van der Waals surface area contributed by atoms with Crippen LogP contribution < -0.4 is 10.6 Å². The predicted molar refractivity (Wildman–Crippen MR) is 392 cm³/mol. The Kier molecular flexibility index (Phi) is 22.8. The zero-order valence-electron chi connectivity index (χ0n) is 55.4. The van der Waals surface area contributed by atoms with E-state index in [1.165, 1.54) is 258 Å². The molecule has 0 spiro atoms. The van der Waals surface area contributed by atoms with Gasteiger partial charge in [0.2, 0.25) is 0 Å². The molecule has 2 N–H and O–H groups in total. The molecule has 90 heavy (non-hydrogen) atoms. The molecule has 0 unspecified atom stereocenters. The Hall–Kier alpha value is -7.42. The van der Waals surface area contributed by atoms with Crippen molar-refractivity contribution < 1.29 is 0 Å². The van der Waals surface area contributed by atoms with Gasteiger partial charge >= 0.3 is 0 Å². The lowest BCUT2D eigenvalue weighted by atomic mass is 9.68. The molecule has 9 aromatic rings. The molecule has 0 aromatic heterocycles. The van der Waals surface area contributed by atoms with Crippen molar-refractivity contribution in [2.75, 3.05) is 10.6 Å². The summed E-state index contributed by atoms with van der Waals surface area (Å²) in [5, 5.41) is 8.24. The molecule has 11 rings (SSSR count). The minimum Gasteiger partial charge on any atom is -0.355 e. The topological polar surface area (TPSA) is 24.1 Å². The van der Waals surface area contributed by atoms with E-state index in [-0.39, 0.29) is 10.8 Å². The number of fused-ring (bicyclic) bond motifs is 6. The number of benzene rings is 9. The Bertz CT molecular complexity index is 3420. The van der Waals surface area contributed by atoms with Crippen LogP contribution in [0, 0.1) is 0 Å². The normalized spacial score (nSPS) is 13.2.